The Balaban J connectivity index is 3.60. The van der Waals surface area contributed by atoms with Crippen molar-refractivity contribution in [2.75, 3.05) is 14.2 Å². The summed E-state index contributed by atoms with van der Waals surface area (Å²) in [4.78, 5) is 0. The monoisotopic (exact) mass is 277 g/mol. The Morgan fingerprint density at radius 2 is 1.40 bits per heavy atom. The van der Waals surface area contributed by atoms with Gasteiger partial charge in [0.15, 0.2) is 5.60 Å². The summed E-state index contributed by atoms with van der Waals surface area (Å²) in [6, 6.07) is 2.41. The molecular weight excluding hydrogens is 250 g/mol. The lowest BCUT2D eigenvalue weighted by atomic mass is 9.64. The minimum atomic E-state index is -1.01. The average molecular weight is 277 g/mol. The maximum atomic E-state index is 9.87. The van der Waals surface area contributed by atoms with E-state index in [0.717, 1.165) is 11.1 Å². The van der Waals surface area contributed by atoms with Gasteiger partial charge in [0.1, 0.15) is 6.07 Å². The summed E-state index contributed by atoms with van der Waals surface area (Å²) in [6.07, 6.45) is 3.92. The van der Waals surface area contributed by atoms with Gasteiger partial charge < -0.3 is 9.47 Å². The van der Waals surface area contributed by atoms with E-state index in [1.165, 1.54) is 0 Å². The molecule has 1 rings (SSSR count). The fourth-order valence-corrected chi connectivity index (χ4v) is 2.83. The second kappa shape index (κ2) is 5.35. The SMILES string of the molecule is COC1C=C(C(C)(C)C)C(C#N)(OC)C(C(C)(C)C)=C1. The van der Waals surface area contributed by atoms with Crippen molar-refractivity contribution in [1.82, 2.24) is 0 Å². The quantitative estimate of drug-likeness (QED) is 0.720. The number of hydrogen-bond acceptors (Lipinski definition) is 3. The van der Waals surface area contributed by atoms with Crippen molar-refractivity contribution in [3.63, 3.8) is 0 Å². The van der Waals surface area contributed by atoms with Gasteiger partial charge in [0.05, 0.1) is 6.10 Å². The van der Waals surface area contributed by atoms with Crippen LogP contribution in [0.25, 0.3) is 0 Å². The Hall–Kier alpha value is -1.11. The summed E-state index contributed by atoms with van der Waals surface area (Å²) < 4.78 is 11.3. The first-order valence-corrected chi connectivity index (χ1v) is 6.97. The highest BCUT2D eigenvalue weighted by Gasteiger charge is 2.49. The van der Waals surface area contributed by atoms with Gasteiger partial charge in [-0.3, -0.25) is 0 Å². The van der Waals surface area contributed by atoms with Gasteiger partial charge in [0.25, 0.3) is 0 Å². The van der Waals surface area contributed by atoms with Crippen LogP contribution >= 0.6 is 0 Å². The molecule has 0 bridgehead atoms. The molecule has 0 atom stereocenters. The van der Waals surface area contributed by atoms with Crippen molar-refractivity contribution < 1.29 is 9.47 Å². The van der Waals surface area contributed by atoms with E-state index in [0.29, 0.717) is 0 Å². The standard InChI is InChI=1S/C17H27NO2/c1-15(2,3)13-9-12(19-7)10-14(16(4,5)6)17(13,11-18)20-8/h9-10,12H,1-8H3. The van der Waals surface area contributed by atoms with Gasteiger partial charge in [-0.2, -0.15) is 5.26 Å². The van der Waals surface area contributed by atoms with Crippen LogP contribution in [0.5, 0.6) is 0 Å². The number of ether oxygens (including phenoxy) is 2. The molecule has 0 aromatic carbocycles. The number of methoxy groups -OCH3 is 2. The highest BCUT2D eigenvalue weighted by Crippen LogP contribution is 2.48. The van der Waals surface area contributed by atoms with Crippen molar-refractivity contribution >= 4 is 0 Å². The molecule has 0 saturated carbocycles. The van der Waals surface area contributed by atoms with Gasteiger partial charge in [-0.15, -0.1) is 0 Å². The second-order valence-corrected chi connectivity index (χ2v) is 7.36. The molecule has 0 aromatic rings. The maximum Gasteiger partial charge on any atom is 0.198 e. The van der Waals surface area contributed by atoms with Crippen LogP contribution in [0, 0.1) is 22.2 Å². The molecule has 0 aliphatic heterocycles. The molecule has 20 heavy (non-hydrogen) atoms. The summed E-state index contributed by atoms with van der Waals surface area (Å²) in [5.41, 5.74) is 0.579. The van der Waals surface area contributed by atoms with Crippen molar-refractivity contribution in [2.45, 2.75) is 53.2 Å². The zero-order valence-corrected chi connectivity index (χ0v) is 14.0. The Labute approximate surface area is 123 Å². The van der Waals surface area contributed by atoms with Crippen molar-refractivity contribution in [3.8, 4) is 6.07 Å². The Kier molecular flexibility index (Phi) is 4.53. The van der Waals surface area contributed by atoms with Crippen LogP contribution in [0.4, 0.5) is 0 Å². The molecule has 0 N–H and O–H groups in total. The predicted octanol–water partition coefficient (Wildman–Crippen LogP) is 3.87. The Bertz CT molecular complexity index is 435. The highest BCUT2D eigenvalue weighted by atomic mass is 16.5. The molecule has 0 unspecified atom stereocenters. The van der Waals surface area contributed by atoms with Crippen molar-refractivity contribution in [2.24, 2.45) is 10.8 Å². The van der Waals surface area contributed by atoms with Gasteiger partial charge >= 0.3 is 0 Å². The number of nitriles is 1. The van der Waals surface area contributed by atoms with E-state index >= 15 is 0 Å². The lowest BCUT2D eigenvalue weighted by Crippen LogP contribution is -2.46. The van der Waals surface area contributed by atoms with Crippen LogP contribution < -0.4 is 0 Å². The zero-order chi connectivity index (χ0) is 15.8. The maximum absolute atomic E-state index is 9.87. The normalized spacial score (nSPS) is 27.6. The third kappa shape index (κ3) is 2.82. The number of hydrogen-bond donors (Lipinski definition) is 0. The third-order valence-corrected chi connectivity index (χ3v) is 3.77. The summed E-state index contributed by atoms with van der Waals surface area (Å²) in [5.74, 6) is 0. The van der Waals surface area contributed by atoms with Crippen molar-refractivity contribution in [3.05, 3.63) is 23.3 Å². The van der Waals surface area contributed by atoms with Gasteiger partial charge in [0, 0.05) is 14.2 Å². The molecule has 0 radical (unpaired) electrons. The largest absolute Gasteiger partial charge is 0.373 e. The minimum Gasteiger partial charge on any atom is -0.373 e. The van der Waals surface area contributed by atoms with E-state index in [1.807, 2.05) is 12.2 Å². The summed E-state index contributed by atoms with van der Waals surface area (Å²) in [5, 5.41) is 9.87. The highest BCUT2D eigenvalue weighted by molar-refractivity contribution is 5.50. The molecule has 0 amide bonds. The van der Waals surface area contributed by atoms with Gasteiger partial charge in [-0.05, 0) is 34.1 Å². The number of rotatable bonds is 2. The van der Waals surface area contributed by atoms with Crippen LogP contribution in [0.2, 0.25) is 0 Å². The third-order valence-electron chi connectivity index (χ3n) is 3.77. The zero-order valence-electron chi connectivity index (χ0n) is 14.0. The lowest BCUT2D eigenvalue weighted by Gasteiger charge is -2.45. The molecule has 0 aromatic heterocycles. The molecule has 3 heteroatoms. The summed E-state index contributed by atoms with van der Waals surface area (Å²) in [7, 11) is 3.29. The number of nitrogens with zero attached hydrogens (tertiary/aromatic N) is 1. The first kappa shape index (κ1) is 16.9. The van der Waals surface area contributed by atoms with Crippen LogP contribution in [0.3, 0.4) is 0 Å². The average Bonchev–Trinajstić information content (AvgIpc) is 2.34. The molecule has 3 nitrogen and oxygen atoms in total. The lowest BCUT2D eigenvalue weighted by molar-refractivity contribution is 0.0591. The Morgan fingerprint density at radius 3 is 1.60 bits per heavy atom. The van der Waals surface area contributed by atoms with Crippen LogP contribution in [0.1, 0.15) is 41.5 Å². The van der Waals surface area contributed by atoms with Gasteiger partial charge in [0.2, 0.25) is 0 Å². The van der Waals surface area contributed by atoms with Crippen LogP contribution in [-0.2, 0) is 9.47 Å². The fraction of sp³-hybridized carbons (Fsp3) is 0.706. The molecule has 112 valence electrons. The van der Waals surface area contributed by atoms with Crippen molar-refractivity contribution in [1.29, 1.82) is 5.26 Å². The van der Waals surface area contributed by atoms with E-state index in [2.05, 4.69) is 47.6 Å². The molecule has 0 spiro atoms. The Morgan fingerprint density at radius 1 is 1.00 bits per heavy atom. The van der Waals surface area contributed by atoms with E-state index < -0.39 is 5.60 Å². The van der Waals surface area contributed by atoms with E-state index in [1.54, 1.807) is 14.2 Å². The first-order valence-electron chi connectivity index (χ1n) is 6.97. The molecule has 1 aliphatic rings. The van der Waals surface area contributed by atoms with E-state index in [-0.39, 0.29) is 16.9 Å². The molecule has 0 fully saturated rings. The van der Waals surface area contributed by atoms with Crippen LogP contribution in [0.15, 0.2) is 23.3 Å². The fourth-order valence-electron chi connectivity index (χ4n) is 2.83. The molecule has 1 aliphatic carbocycles. The minimum absolute atomic E-state index is 0.116. The summed E-state index contributed by atoms with van der Waals surface area (Å²) in [6.45, 7) is 12.6. The molecule has 0 saturated heterocycles. The molecule has 0 heterocycles. The smallest absolute Gasteiger partial charge is 0.198 e. The topological polar surface area (TPSA) is 42.2 Å². The van der Waals surface area contributed by atoms with Gasteiger partial charge in [-0.1, -0.05) is 41.5 Å². The molecular formula is C17H27NO2. The predicted molar refractivity (Wildman–Crippen MR) is 81.2 cm³/mol. The van der Waals surface area contributed by atoms with E-state index in [4.69, 9.17) is 9.47 Å². The van der Waals surface area contributed by atoms with Gasteiger partial charge in [-0.25, -0.2) is 0 Å². The first-order chi connectivity index (χ1) is 9.02. The second-order valence-electron chi connectivity index (χ2n) is 7.36. The summed E-state index contributed by atoms with van der Waals surface area (Å²) >= 11 is 0. The van der Waals surface area contributed by atoms with Crippen LogP contribution in [-0.4, -0.2) is 25.9 Å². The van der Waals surface area contributed by atoms with E-state index in [9.17, 15) is 5.26 Å².